The fourth-order valence-electron chi connectivity index (χ4n) is 4.34. The molecule has 36 heavy (non-hydrogen) atoms. The van der Waals surface area contributed by atoms with E-state index in [1.54, 1.807) is 13.2 Å². The van der Waals surface area contributed by atoms with E-state index in [0.29, 0.717) is 31.4 Å². The fraction of sp³-hybridized carbons (Fsp3) is 0.258. The van der Waals surface area contributed by atoms with Crippen LogP contribution in [-0.2, 0) is 29.1 Å². The lowest BCUT2D eigenvalue weighted by atomic mass is 9.97. The number of benzene rings is 3. The molecule has 0 radical (unpaired) electrons. The molecule has 0 saturated heterocycles. The smallest absolute Gasteiger partial charge is 0.310 e. The molecular formula is C31H31NO4. The van der Waals surface area contributed by atoms with Gasteiger partial charge in [-0.2, -0.15) is 0 Å². The van der Waals surface area contributed by atoms with Gasteiger partial charge in [0.25, 0.3) is 0 Å². The summed E-state index contributed by atoms with van der Waals surface area (Å²) in [5.41, 5.74) is 12.9. The fourth-order valence-corrected chi connectivity index (χ4v) is 4.34. The summed E-state index contributed by atoms with van der Waals surface area (Å²) >= 11 is 0. The highest BCUT2D eigenvalue weighted by molar-refractivity contribution is 5.93. The Kier molecular flexibility index (Phi) is 7.19. The predicted octanol–water partition coefficient (Wildman–Crippen LogP) is 6.67. The third-order valence-electron chi connectivity index (χ3n) is 6.44. The number of carbonyl (C=O) groups is 1. The van der Waals surface area contributed by atoms with E-state index in [9.17, 15) is 4.79 Å². The number of para-hydroxylation sites is 1. The van der Waals surface area contributed by atoms with Crippen LogP contribution in [-0.4, -0.2) is 12.6 Å². The number of esters is 1. The Hall–Kier alpha value is -3.83. The van der Waals surface area contributed by atoms with Gasteiger partial charge in [-0.3, -0.25) is 4.79 Å². The number of nitrogens with two attached hydrogens (primary N) is 1. The maximum Gasteiger partial charge on any atom is 0.310 e. The SMILES string of the molecule is CCOC(=O)Cc1ccccc1OCc1coc2c(C=CC3CC3)cc(-c3cccc(CN)c3)cc12. The first-order valence-corrected chi connectivity index (χ1v) is 12.5. The summed E-state index contributed by atoms with van der Waals surface area (Å²) in [4.78, 5) is 12.0. The van der Waals surface area contributed by atoms with Gasteiger partial charge in [-0.05, 0) is 66.6 Å². The molecule has 1 aromatic heterocycles. The van der Waals surface area contributed by atoms with E-state index in [1.807, 2.05) is 36.4 Å². The van der Waals surface area contributed by atoms with Gasteiger partial charge < -0.3 is 19.6 Å². The Bertz CT molecular complexity index is 1400. The second-order valence-electron chi connectivity index (χ2n) is 9.18. The van der Waals surface area contributed by atoms with E-state index < -0.39 is 0 Å². The molecule has 5 nitrogen and oxygen atoms in total. The minimum absolute atomic E-state index is 0.174. The number of carbonyl (C=O) groups excluding carboxylic acids is 1. The maximum atomic E-state index is 12.0. The monoisotopic (exact) mass is 481 g/mol. The third-order valence-corrected chi connectivity index (χ3v) is 6.44. The lowest BCUT2D eigenvalue weighted by molar-refractivity contribution is -0.142. The minimum Gasteiger partial charge on any atom is -0.488 e. The van der Waals surface area contributed by atoms with Crippen molar-refractivity contribution in [2.24, 2.45) is 11.7 Å². The van der Waals surface area contributed by atoms with E-state index in [0.717, 1.165) is 44.3 Å². The molecule has 3 aromatic carbocycles. The van der Waals surface area contributed by atoms with Crippen LogP contribution >= 0.6 is 0 Å². The molecule has 0 aliphatic heterocycles. The molecule has 0 unspecified atom stereocenters. The lowest BCUT2D eigenvalue weighted by Crippen LogP contribution is -2.09. The topological polar surface area (TPSA) is 74.7 Å². The van der Waals surface area contributed by atoms with Gasteiger partial charge in [0, 0.05) is 28.6 Å². The number of allylic oxidation sites excluding steroid dienone is 1. The zero-order valence-electron chi connectivity index (χ0n) is 20.5. The maximum absolute atomic E-state index is 12.0. The van der Waals surface area contributed by atoms with Crippen molar-refractivity contribution >= 4 is 23.0 Å². The highest BCUT2D eigenvalue weighted by Crippen LogP contribution is 2.35. The van der Waals surface area contributed by atoms with Crippen molar-refractivity contribution in [3.05, 3.63) is 95.3 Å². The van der Waals surface area contributed by atoms with Gasteiger partial charge in [0.1, 0.15) is 17.9 Å². The molecule has 1 heterocycles. The van der Waals surface area contributed by atoms with Crippen molar-refractivity contribution in [1.82, 2.24) is 0 Å². The van der Waals surface area contributed by atoms with Gasteiger partial charge in [0.15, 0.2) is 0 Å². The van der Waals surface area contributed by atoms with Gasteiger partial charge in [-0.25, -0.2) is 0 Å². The number of furan rings is 1. The molecule has 1 fully saturated rings. The molecule has 1 aliphatic carbocycles. The average molecular weight is 482 g/mol. The molecule has 4 aromatic rings. The van der Waals surface area contributed by atoms with E-state index in [-0.39, 0.29) is 12.4 Å². The second-order valence-corrected chi connectivity index (χ2v) is 9.18. The normalized spacial score (nSPS) is 13.4. The zero-order chi connectivity index (χ0) is 24.9. The number of ether oxygens (including phenoxy) is 2. The van der Waals surface area contributed by atoms with Crippen LogP contribution in [0.15, 0.2) is 77.4 Å². The van der Waals surface area contributed by atoms with Gasteiger partial charge in [-0.1, -0.05) is 48.6 Å². The lowest BCUT2D eigenvalue weighted by Gasteiger charge is -2.11. The highest BCUT2D eigenvalue weighted by Gasteiger charge is 2.19. The molecular weight excluding hydrogens is 450 g/mol. The van der Waals surface area contributed by atoms with Crippen molar-refractivity contribution in [3.63, 3.8) is 0 Å². The summed E-state index contributed by atoms with van der Waals surface area (Å²) in [6, 6.07) is 20.2. The molecule has 5 rings (SSSR count). The van der Waals surface area contributed by atoms with Crippen molar-refractivity contribution < 1.29 is 18.7 Å². The van der Waals surface area contributed by atoms with E-state index >= 15 is 0 Å². The van der Waals surface area contributed by atoms with Gasteiger partial charge in [0.05, 0.1) is 19.3 Å². The average Bonchev–Trinajstić information content (AvgIpc) is 3.64. The van der Waals surface area contributed by atoms with E-state index in [2.05, 4.69) is 36.4 Å². The first kappa shape index (κ1) is 23.9. The van der Waals surface area contributed by atoms with Crippen molar-refractivity contribution in [2.75, 3.05) is 6.61 Å². The summed E-state index contributed by atoms with van der Waals surface area (Å²) in [6.07, 6.45) is 8.90. The summed E-state index contributed by atoms with van der Waals surface area (Å²) in [7, 11) is 0. The standard InChI is InChI=1S/C31H31NO4/c1-2-34-30(33)17-24-7-3-4-9-29(24)35-19-27-20-36-31-25(13-12-21-10-11-21)15-26(16-28(27)31)23-8-5-6-22(14-23)18-32/h3-9,12-16,20-21H,2,10-11,17-19,32H2,1H3. The van der Waals surface area contributed by atoms with Crippen molar-refractivity contribution in [2.45, 2.75) is 39.3 Å². The summed E-state index contributed by atoms with van der Waals surface area (Å²) in [6.45, 7) is 2.99. The van der Waals surface area contributed by atoms with Gasteiger partial charge in [-0.15, -0.1) is 0 Å². The number of hydrogen-bond acceptors (Lipinski definition) is 5. The van der Waals surface area contributed by atoms with Crippen molar-refractivity contribution in [3.8, 4) is 16.9 Å². The largest absolute Gasteiger partial charge is 0.488 e. The number of hydrogen-bond donors (Lipinski definition) is 1. The molecule has 1 saturated carbocycles. The van der Waals surface area contributed by atoms with Crippen LogP contribution in [0.3, 0.4) is 0 Å². The summed E-state index contributed by atoms with van der Waals surface area (Å²) in [5.74, 6) is 1.07. The number of rotatable bonds is 10. The highest BCUT2D eigenvalue weighted by atomic mass is 16.5. The van der Waals surface area contributed by atoms with Crippen LogP contribution in [0.2, 0.25) is 0 Å². The second kappa shape index (κ2) is 10.8. The Morgan fingerprint density at radius 2 is 1.92 bits per heavy atom. The summed E-state index contributed by atoms with van der Waals surface area (Å²) < 4.78 is 17.4. The number of fused-ring (bicyclic) bond motifs is 1. The Balaban J connectivity index is 1.47. The van der Waals surface area contributed by atoms with E-state index in [4.69, 9.17) is 19.6 Å². The quantitative estimate of drug-likeness (QED) is 0.256. The third kappa shape index (κ3) is 5.52. The summed E-state index contributed by atoms with van der Waals surface area (Å²) in [5, 5.41) is 1.02. The predicted molar refractivity (Wildman–Crippen MR) is 142 cm³/mol. The molecule has 184 valence electrons. The van der Waals surface area contributed by atoms with Crippen LogP contribution in [0.25, 0.3) is 28.2 Å². The first-order chi connectivity index (χ1) is 17.6. The van der Waals surface area contributed by atoms with Crippen LogP contribution in [0.5, 0.6) is 5.75 Å². The Morgan fingerprint density at radius 1 is 1.06 bits per heavy atom. The van der Waals surface area contributed by atoms with E-state index in [1.165, 1.54) is 12.8 Å². The molecule has 2 N–H and O–H groups in total. The molecule has 5 heteroatoms. The molecule has 1 aliphatic rings. The molecule has 0 spiro atoms. The minimum atomic E-state index is -0.265. The van der Waals surface area contributed by atoms with Crippen LogP contribution in [0.1, 0.15) is 42.0 Å². The molecule has 0 amide bonds. The van der Waals surface area contributed by atoms with Crippen LogP contribution in [0, 0.1) is 5.92 Å². The van der Waals surface area contributed by atoms with Gasteiger partial charge in [0.2, 0.25) is 0 Å². The van der Waals surface area contributed by atoms with Gasteiger partial charge >= 0.3 is 5.97 Å². The van der Waals surface area contributed by atoms with Crippen LogP contribution in [0.4, 0.5) is 0 Å². The zero-order valence-corrected chi connectivity index (χ0v) is 20.5. The Labute approximate surface area is 211 Å². The molecule has 0 atom stereocenters. The molecule has 0 bridgehead atoms. The van der Waals surface area contributed by atoms with Crippen molar-refractivity contribution in [1.29, 1.82) is 0 Å². The Morgan fingerprint density at radius 3 is 2.72 bits per heavy atom. The first-order valence-electron chi connectivity index (χ1n) is 12.5. The van der Waals surface area contributed by atoms with Crippen LogP contribution < -0.4 is 10.5 Å².